The fourth-order valence-corrected chi connectivity index (χ4v) is 3.20. The fraction of sp³-hybridized carbons (Fsp3) is 0.409. The van der Waals surface area contributed by atoms with E-state index in [1.54, 1.807) is 6.92 Å². The van der Waals surface area contributed by atoms with E-state index in [0.29, 0.717) is 5.69 Å². The van der Waals surface area contributed by atoms with E-state index in [-0.39, 0.29) is 12.0 Å². The number of ether oxygens (including phenoxy) is 2. The van der Waals surface area contributed by atoms with Gasteiger partial charge in [-0.3, -0.25) is 4.79 Å². The molecule has 0 saturated heterocycles. The van der Waals surface area contributed by atoms with E-state index in [2.05, 4.69) is 17.4 Å². The number of nitrogens with one attached hydrogen (secondary N) is 1. The lowest BCUT2D eigenvalue weighted by Gasteiger charge is -2.19. The Bertz CT molecular complexity index is 770. The Morgan fingerprint density at radius 3 is 2.42 bits per heavy atom. The summed E-state index contributed by atoms with van der Waals surface area (Å²) in [7, 11) is 0. The number of benzene rings is 2. The molecule has 0 radical (unpaired) electrons. The molecule has 0 aromatic heterocycles. The zero-order chi connectivity index (χ0) is 18.5. The van der Waals surface area contributed by atoms with E-state index >= 15 is 0 Å². The van der Waals surface area contributed by atoms with Gasteiger partial charge in [-0.05, 0) is 81.8 Å². The molecular weight excluding hydrogens is 326 g/mol. The van der Waals surface area contributed by atoms with Crippen molar-refractivity contribution in [2.45, 2.75) is 58.7 Å². The van der Waals surface area contributed by atoms with Crippen LogP contribution in [-0.4, -0.2) is 18.1 Å². The quantitative estimate of drug-likeness (QED) is 0.814. The highest BCUT2D eigenvalue weighted by atomic mass is 16.5. The molecular formula is C22H27NO3. The van der Waals surface area contributed by atoms with E-state index in [1.165, 1.54) is 24.0 Å². The summed E-state index contributed by atoms with van der Waals surface area (Å²) < 4.78 is 11.5. The van der Waals surface area contributed by atoms with Crippen molar-refractivity contribution in [1.29, 1.82) is 0 Å². The molecule has 1 N–H and O–H groups in total. The third-order valence-electron chi connectivity index (χ3n) is 4.48. The molecule has 0 aliphatic heterocycles. The van der Waals surface area contributed by atoms with Crippen LogP contribution in [0.4, 0.5) is 5.69 Å². The molecule has 0 spiro atoms. The second-order valence-corrected chi connectivity index (χ2v) is 7.08. The van der Waals surface area contributed by atoms with Gasteiger partial charge in [-0.15, -0.1) is 0 Å². The molecule has 1 aliphatic rings. The minimum Gasteiger partial charge on any atom is -0.491 e. The lowest BCUT2D eigenvalue weighted by atomic mass is 9.92. The van der Waals surface area contributed by atoms with E-state index < -0.39 is 6.10 Å². The van der Waals surface area contributed by atoms with Crippen molar-refractivity contribution in [3.05, 3.63) is 53.6 Å². The van der Waals surface area contributed by atoms with Crippen molar-refractivity contribution in [3.8, 4) is 11.5 Å². The third-order valence-corrected chi connectivity index (χ3v) is 4.48. The summed E-state index contributed by atoms with van der Waals surface area (Å²) in [5, 5.41) is 2.89. The Morgan fingerprint density at radius 1 is 0.923 bits per heavy atom. The van der Waals surface area contributed by atoms with Crippen molar-refractivity contribution in [3.63, 3.8) is 0 Å². The maximum Gasteiger partial charge on any atom is 0.265 e. The van der Waals surface area contributed by atoms with E-state index in [4.69, 9.17) is 9.47 Å². The monoisotopic (exact) mass is 353 g/mol. The predicted octanol–water partition coefficient (Wildman–Crippen LogP) is 4.76. The van der Waals surface area contributed by atoms with Crippen LogP contribution in [0.3, 0.4) is 0 Å². The summed E-state index contributed by atoms with van der Waals surface area (Å²) in [6.45, 7) is 5.71. The first-order chi connectivity index (χ1) is 12.5. The van der Waals surface area contributed by atoms with Crippen molar-refractivity contribution in [2.75, 3.05) is 5.32 Å². The first-order valence-electron chi connectivity index (χ1n) is 9.37. The maximum absolute atomic E-state index is 12.5. The topological polar surface area (TPSA) is 47.6 Å². The normalized spacial score (nSPS) is 14.5. The van der Waals surface area contributed by atoms with Gasteiger partial charge in [0.2, 0.25) is 0 Å². The van der Waals surface area contributed by atoms with Gasteiger partial charge >= 0.3 is 0 Å². The summed E-state index contributed by atoms with van der Waals surface area (Å²) in [4.78, 5) is 12.5. The largest absolute Gasteiger partial charge is 0.491 e. The summed E-state index contributed by atoms with van der Waals surface area (Å²) in [5.41, 5.74) is 3.46. The highest BCUT2D eigenvalue weighted by molar-refractivity contribution is 5.94. The molecule has 1 amide bonds. The number of anilines is 1. The van der Waals surface area contributed by atoms with Gasteiger partial charge in [0, 0.05) is 11.8 Å². The van der Waals surface area contributed by atoms with Crippen LogP contribution >= 0.6 is 0 Å². The van der Waals surface area contributed by atoms with Crippen LogP contribution in [0.5, 0.6) is 11.5 Å². The first kappa shape index (κ1) is 18.3. The number of hydrogen-bond donors (Lipinski definition) is 1. The molecule has 4 heteroatoms. The van der Waals surface area contributed by atoms with Gasteiger partial charge in [0.25, 0.3) is 5.91 Å². The van der Waals surface area contributed by atoms with Crippen molar-refractivity contribution >= 4 is 11.6 Å². The van der Waals surface area contributed by atoms with Crippen LogP contribution in [0.25, 0.3) is 0 Å². The van der Waals surface area contributed by atoms with Gasteiger partial charge in [0.05, 0.1) is 6.10 Å². The zero-order valence-corrected chi connectivity index (χ0v) is 15.7. The number of fused-ring (bicyclic) bond motifs is 1. The Balaban J connectivity index is 1.61. The molecule has 1 aliphatic carbocycles. The summed E-state index contributed by atoms with van der Waals surface area (Å²) >= 11 is 0. The van der Waals surface area contributed by atoms with Crippen LogP contribution in [0.1, 0.15) is 44.7 Å². The molecule has 2 aromatic rings. The Hall–Kier alpha value is -2.49. The van der Waals surface area contributed by atoms with Gasteiger partial charge in [-0.1, -0.05) is 12.1 Å². The van der Waals surface area contributed by atoms with Gasteiger partial charge in [0.1, 0.15) is 11.5 Å². The number of rotatable bonds is 6. The van der Waals surface area contributed by atoms with Crippen LogP contribution in [0, 0.1) is 0 Å². The molecule has 4 nitrogen and oxygen atoms in total. The van der Waals surface area contributed by atoms with Gasteiger partial charge in [-0.25, -0.2) is 0 Å². The zero-order valence-electron chi connectivity index (χ0n) is 15.7. The molecule has 2 aromatic carbocycles. The van der Waals surface area contributed by atoms with Crippen LogP contribution in [0.2, 0.25) is 0 Å². The molecule has 26 heavy (non-hydrogen) atoms. The van der Waals surface area contributed by atoms with E-state index in [9.17, 15) is 4.79 Å². The van der Waals surface area contributed by atoms with E-state index in [0.717, 1.165) is 24.3 Å². The minimum absolute atomic E-state index is 0.0900. The van der Waals surface area contributed by atoms with Crippen LogP contribution < -0.4 is 14.8 Å². The highest BCUT2D eigenvalue weighted by Gasteiger charge is 2.17. The van der Waals surface area contributed by atoms with Gasteiger partial charge in [0.15, 0.2) is 6.10 Å². The molecule has 0 heterocycles. The lowest BCUT2D eigenvalue weighted by Crippen LogP contribution is -2.30. The van der Waals surface area contributed by atoms with Crippen molar-refractivity contribution in [2.24, 2.45) is 0 Å². The summed E-state index contributed by atoms with van der Waals surface area (Å²) in [6.07, 6.45) is 4.22. The number of carbonyl (C=O) groups excluding carboxylic acids is 1. The standard InChI is InChI=1S/C22H27NO3/c1-15(2)25-20-10-6-9-19(14-20)23-22(24)16(3)26-21-12-11-17-7-4-5-8-18(17)13-21/h6,9-16H,4-5,7-8H2,1-3H3,(H,23,24). The third kappa shape index (κ3) is 4.78. The molecule has 0 bridgehead atoms. The summed E-state index contributed by atoms with van der Waals surface area (Å²) in [6, 6.07) is 13.6. The maximum atomic E-state index is 12.5. The highest BCUT2D eigenvalue weighted by Crippen LogP contribution is 2.26. The number of aryl methyl sites for hydroxylation is 2. The molecule has 0 fully saturated rings. The Morgan fingerprint density at radius 2 is 1.65 bits per heavy atom. The first-order valence-corrected chi connectivity index (χ1v) is 9.37. The fourth-order valence-electron chi connectivity index (χ4n) is 3.20. The second kappa shape index (κ2) is 8.26. The van der Waals surface area contributed by atoms with Crippen molar-refractivity contribution < 1.29 is 14.3 Å². The second-order valence-electron chi connectivity index (χ2n) is 7.08. The van der Waals surface area contributed by atoms with E-state index in [1.807, 2.05) is 44.2 Å². The number of hydrogen-bond acceptors (Lipinski definition) is 3. The van der Waals surface area contributed by atoms with Gasteiger partial charge in [-0.2, -0.15) is 0 Å². The van der Waals surface area contributed by atoms with Crippen molar-refractivity contribution in [1.82, 2.24) is 0 Å². The molecule has 0 saturated carbocycles. The number of amides is 1. The molecule has 1 unspecified atom stereocenters. The number of carbonyl (C=O) groups is 1. The summed E-state index contributed by atoms with van der Waals surface area (Å²) in [5.74, 6) is 1.32. The lowest BCUT2D eigenvalue weighted by molar-refractivity contribution is -0.122. The Kier molecular flexibility index (Phi) is 5.82. The minimum atomic E-state index is -0.577. The Labute approximate surface area is 155 Å². The average molecular weight is 353 g/mol. The molecule has 1 atom stereocenters. The van der Waals surface area contributed by atoms with Gasteiger partial charge < -0.3 is 14.8 Å². The molecule has 3 rings (SSSR count). The average Bonchev–Trinajstić information content (AvgIpc) is 2.61. The van der Waals surface area contributed by atoms with Crippen LogP contribution in [0.15, 0.2) is 42.5 Å². The SMILES string of the molecule is CC(C)Oc1cccc(NC(=O)C(C)Oc2ccc3c(c2)CCCC3)c1. The molecule has 138 valence electrons. The smallest absolute Gasteiger partial charge is 0.265 e. The predicted molar refractivity (Wildman–Crippen MR) is 104 cm³/mol. The van der Waals surface area contributed by atoms with Crippen LogP contribution in [-0.2, 0) is 17.6 Å².